The van der Waals surface area contributed by atoms with Gasteiger partial charge in [0, 0.05) is 19.5 Å². The van der Waals surface area contributed by atoms with Crippen molar-refractivity contribution in [2.24, 2.45) is 5.92 Å². The fourth-order valence-corrected chi connectivity index (χ4v) is 1.92. The highest BCUT2D eigenvalue weighted by Crippen LogP contribution is 2.20. The SMILES string of the molecule is Cc1cccc(OCC(=O)NCCNC(=O)CC(C)C)c1C. The molecule has 1 aromatic rings. The van der Waals surface area contributed by atoms with E-state index in [9.17, 15) is 9.59 Å². The second kappa shape index (κ2) is 9.07. The van der Waals surface area contributed by atoms with Crippen LogP contribution in [0.15, 0.2) is 18.2 Å². The molecule has 1 rings (SSSR count). The molecule has 22 heavy (non-hydrogen) atoms. The van der Waals surface area contributed by atoms with Crippen molar-refractivity contribution < 1.29 is 14.3 Å². The molecular weight excluding hydrogens is 280 g/mol. The zero-order valence-electron chi connectivity index (χ0n) is 13.9. The quantitative estimate of drug-likeness (QED) is 0.722. The molecule has 0 unspecified atom stereocenters. The highest BCUT2D eigenvalue weighted by Gasteiger charge is 2.07. The molecule has 0 atom stereocenters. The topological polar surface area (TPSA) is 67.4 Å². The maximum atomic E-state index is 11.7. The molecule has 0 aliphatic carbocycles. The Balaban J connectivity index is 2.21. The molecule has 1 aromatic carbocycles. The van der Waals surface area contributed by atoms with Gasteiger partial charge in [-0.1, -0.05) is 26.0 Å². The van der Waals surface area contributed by atoms with Crippen LogP contribution < -0.4 is 15.4 Å². The Morgan fingerprint density at radius 2 is 1.73 bits per heavy atom. The van der Waals surface area contributed by atoms with Crippen molar-refractivity contribution in [1.29, 1.82) is 0 Å². The predicted octanol–water partition coefficient (Wildman–Crippen LogP) is 1.96. The van der Waals surface area contributed by atoms with Crippen LogP contribution in [0.3, 0.4) is 0 Å². The van der Waals surface area contributed by atoms with E-state index in [0.29, 0.717) is 25.4 Å². The van der Waals surface area contributed by atoms with Crippen molar-refractivity contribution in [3.8, 4) is 5.75 Å². The van der Waals surface area contributed by atoms with Crippen LogP contribution in [0.1, 0.15) is 31.4 Å². The second-order valence-electron chi connectivity index (χ2n) is 5.78. The Hall–Kier alpha value is -2.04. The van der Waals surface area contributed by atoms with Crippen molar-refractivity contribution in [1.82, 2.24) is 10.6 Å². The van der Waals surface area contributed by atoms with Crippen LogP contribution in [0, 0.1) is 19.8 Å². The van der Waals surface area contributed by atoms with Gasteiger partial charge in [-0.25, -0.2) is 0 Å². The third-order valence-corrected chi connectivity index (χ3v) is 3.28. The smallest absolute Gasteiger partial charge is 0.258 e. The molecule has 0 saturated carbocycles. The van der Waals surface area contributed by atoms with E-state index in [2.05, 4.69) is 10.6 Å². The summed E-state index contributed by atoms with van der Waals surface area (Å²) in [5.74, 6) is 0.871. The van der Waals surface area contributed by atoms with Gasteiger partial charge in [-0.2, -0.15) is 0 Å². The van der Waals surface area contributed by atoms with Crippen molar-refractivity contribution in [3.63, 3.8) is 0 Å². The van der Waals surface area contributed by atoms with E-state index < -0.39 is 0 Å². The molecule has 0 fully saturated rings. The summed E-state index contributed by atoms with van der Waals surface area (Å²) in [5, 5.41) is 5.48. The van der Waals surface area contributed by atoms with E-state index in [0.717, 1.165) is 16.9 Å². The molecule has 0 saturated heterocycles. The Morgan fingerprint density at radius 3 is 2.36 bits per heavy atom. The number of benzene rings is 1. The molecule has 0 heterocycles. The normalized spacial score (nSPS) is 10.4. The van der Waals surface area contributed by atoms with Crippen LogP contribution >= 0.6 is 0 Å². The van der Waals surface area contributed by atoms with Crippen LogP contribution in [0.4, 0.5) is 0 Å². The molecule has 2 amide bonds. The first-order valence-corrected chi connectivity index (χ1v) is 7.62. The van der Waals surface area contributed by atoms with Crippen molar-refractivity contribution in [2.75, 3.05) is 19.7 Å². The monoisotopic (exact) mass is 306 g/mol. The van der Waals surface area contributed by atoms with Gasteiger partial charge in [0.1, 0.15) is 5.75 Å². The number of hydrogen-bond donors (Lipinski definition) is 2. The first-order chi connectivity index (χ1) is 10.4. The number of carbonyl (C=O) groups is 2. The number of carbonyl (C=O) groups excluding carboxylic acids is 2. The summed E-state index contributed by atoms with van der Waals surface area (Å²) < 4.78 is 5.51. The minimum atomic E-state index is -0.195. The van der Waals surface area contributed by atoms with Gasteiger partial charge in [0.25, 0.3) is 5.91 Å². The van der Waals surface area contributed by atoms with Crippen molar-refractivity contribution >= 4 is 11.8 Å². The molecule has 0 aromatic heterocycles. The number of hydrogen-bond acceptors (Lipinski definition) is 3. The molecule has 5 nitrogen and oxygen atoms in total. The third-order valence-electron chi connectivity index (χ3n) is 3.28. The maximum absolute atomic E-state index is 11.7. The molecule has 2 N–H and O–H groups in total. The van der Waals surface area contributed by atoms with E-state index in [1.165, 1.54) is 0 Å². The fraction of sp³-hybridized carbons (Fsp3) is 0.529. The Bertz CT molecular complexity index is 513. The van der Waals surface area contributed by atoms with Crippen molar-refractivity contribution in [2.45, 2.75) is 34.1 Å². The highest BCUT2D eigenvalue weighted by molar-refractivity contribution is 5.78. The van der Waals surface area contributed by atoms with Crippen LogP contribution in [-0.2, 0) is 9.59 Å². The first kappa shape index (κ1) is 18.0. The summed E-state index contributed by atoms with van der Waals surface area (Å²) in [4.78, 5) is 23.1. The standard InChI is InChI=1S/C17H26N2O3/c1-12(2)10-16(20)18-8-9-19-17(21)11-22-15-7-5-6-13(3)14(15)4/h5-7,12H,8-11H2,1-4H3,(H,18,20)(H,19,21). The Morgan fingerprint density at radius 1 is 1.09 bits per heavy atom. The van der Waals surface area contributed by atoms with Gasteiger partial charge in [0.15, 0.2) is 6.61 Å². The summed E-state index contributed by atoms with van der Waals surface area (Å²) in [6.07, 6.45) is 0.504. The van der Waals surface area contributed by atoms with Crippen LogP contribution in [-0.4, -0.2) is 31.5 Å². The van der Waals surface area contributed by atoms with Gasteiger partial charge >= 0.3 is 0 Å². The lowest BCUT2D eigenvalue weighted by atomic mass is 10.1. The minimum absolute atomic E-state index is 0.0101. The molecule has 0 spiro atoms. The summed E-state index contributed by atoms with van der Waals surface area (Å²) in [5.41, 5.74) is 2.17. The van der Waals surface area contributed by atoms with Crippen LogP contribution in [0.25, 0.3) is 0 Å². The first-order valence-electron chi connectivity index (χ1n) is 7.62. The average Bonchev–Trinajstić information content (AvgIpc) is 2.44. The number of aryl methyl sites for hydroxylation is 1. The van der Waals surface area contributed by atoms with E-state index in [1.807, 2.05) is 45.9 Å². The van der Waals surface area contributed by atoms with Crippen LogP contribution in [0.5, 0.6) is 5.75 Å². The molecule has 0 aliphatic heterocycles. The summed E-state index contributed by atoms with van der Waals surface area (Å²) in [6.45, 7) is 8.76. The number of nitrogens with one attached hydrogen (secondary N) is 2. The highest BCUT2D eigenvalue weighted by atomic mass is 16.5. The molecule has 122 valence electrons. The zero-order valence-corrected chi connectivity index (χ0v) is 13.9. The minimum Gasteiger partial charge on any atom is -0.483 e. The van der Waals surface area contributed by atoms with Crippen LogP contribution in [0.2, 0.25) is 0 Å². The van der Waals surface area contributed by atoms with Gasteiger partial charge in [-0.05, 0) is 37.0 Å². The lowest BCUT2D eigenvalue weighted by molar-refractivity contribution is -0.124. The summed E-state index contributed by atoms with van der Waals surface area (Å²) >= 11 is 0. The molecule has 5 heteroatoms. The van der Waals surface area contributed by atoms with E-state index in [1.54, 1.807) is 0 Å². The molecule has 0 aliphatic rings. The number of ether oxygens (including phenoxy) is 1. The zero-order chi connectivity index (χ0) is 16.5. The van der Waals surface area contributed by atoms with Gasteiger partial charge < -0.3 is 15.4 Å². The van der Waals surface area contributed by atoms with Gasteiger partial charge in [0.05, 0.1) is 0 Å². The lowest BCUT2D eigenvalue weighted by Gasteiger charge is -2.11. The molecule has 0 bridgehead atoms. The lowest BCUT2D eigenvalue weighted by Crippen LogP contribution is -2.37. The van der Waals surface area contributed by atoms with E-state index in [4.69, 9.17) is 4.74 Å². The second-order valence-corrected chi connectivity index (χ2v) is 5.78. The Labute approximate surface area is 132 Å². The van der Waals surface area contributed by atoms with E-state index in [-0.39, 0.29) is 18.4 Å². The van der Waals surface area contributed by atoms with Crippen molar-refractivity contribution in [3.05, 3.63) is 29.3 Å². The largest absolute Gasteiger partial charge is 0.483 e. The number of amides is 2. The van der Waals surface area contributed by atoms with Gasteiger partial charge in [0.2, 0.25) is 5.91 Å². The predicted molar refractivity (Wildman–Crippen MR) is 86.9 cm³/mol. The van der Waals surface area contributed by atoms with E-state index >= 15 is 0 Å². The maximum Gasteiger partial charge on any atom is 0.258 e. The molecule has 0 radical (unpaired) electrons. The van der Waals surface area contributed by atoms with Gasteiger partial charge in [-0.15, -0.1) is 0 Å². The van der Waals surface area contributed by atoms with Gasteiger partial charge in [-0.3, -0.25) is 9.59 Å². The summed E-state index contributed by atoms with van der Waals surface area (Å²) in [6, 6.07) is 5.75. The summed E-state index contributed by atoms with van der Waals surface area (Å²) in [7, 11) is 0. The Kier molecular flexibility index (Phi) is 7.43. The molecular formula is C17H26N2O3. The fourth-order valence-electron chi connectivity index (χ4n) is 1.92. The third kappa shape index (κ3) is 6.61. The average molecular weight is 306 g/mol. The number of rotatable bonds is 8.